The highest BCUT2D eigenvalue weighted by Gasteiger charge is 2.64. The second kappa shape index (κ2) is 6.03. The lowest BCUT2D eigenvalue weighted by atomic mass is 9.81. The molecule has 0 amide bonds. The number of nitrogens with one attached hydrogen (secondary N) is 1. The fraction of sp³-hybridized carbons (Fsp3) is 0.389. The number of fused-ring (bicyclic) bond motifs is 2. The first-order chi connectivity index (χ1) is 12.3. The zero-order chi connectivity index (χ0) is 18.5. The Morgan fingerprint density at radius 3 is 2.73 bits per heavy atom. The van der Waals surface area contributed by atoms with Gasteiger partial charge in [-0.05, 0) is 42.7 Å². The molecule has 0 bridgehead atoms. The van der Waals surface area contributed by atoms with Gasteiger partial charge in [-0.15, -0.1) is 0 Å². The first kappa shape index (κ1) is 17.4. The van der Waals surface area contributed by atoms with Crippen LogP contribution in [0.15, 0.2) is 36.5 Å². The molecule has 0 spiro atoms. The summed E-state index contributed by atoms with van der Waals surface area (Å²) in [6.07, 6.45) is -1.03. The topological polar surface area (TPSA) is 48.2 Å². The number of alkyl halides is 3. The van der Waals surface area contributed by atoms with Crippen molar-refractivity contribution in [2.45, 2.75) is 31.0 Å². The molecule has 0 saturated heterocycles. The first-order valence-electron chi connectivity index (χ1n) is 8.33. The number of halogens is 4. The Labute approximate surface area is 153 Å². The maximum Gasteiger partial charge on any atom is 0.426 e. The molecule has 1 aromatic heterocycles. The summed E-state index contributed by atoms with van der Waals surface area (Å²) in [6.45, 7) is -0.0523. The zero-order valence-corrected chi connectivity index (χ0v) is 14.4. The molecule has 1 atom stereocenters. The Morgan fingerprint density at radius 2 is 2.04 bits per heavy atom. The third-order valence-electron chi connectivity index (χ3n) is 4.89. The van der Waals surface area contributed by atoms with Gasteiger partial charge in [0.1, 0.15) is 5.69 Å². The quantitative estimate of drug-likeness (QED) is 0.616. The van der Waals surface area contributed by atoms with E-state index in [4.69, 9.17) is 16.3 Å². The van der Waals surface area contributed by atoms with Crippen LogP contribution in [0.3, 0.4) is 0 Å². The van der Waals surface area contributed by atoms with E-state index in [2.05, 4.69) is 5.32 Å². The molecule has 4 rings (SSSR count). The molecule has 1 aromatic carbocycles. The van der Waals surface area contributed by atoms with Gasteiger partial charge in [0.05, 0.1) is 11.8 Å². The number of hydrogen-bond donors (Lipinski definition) is 1. The van der Waals surface area contributed by atoms with E-state index in [-0.39, 0.29) is 34.3 Å². The maximum absolute atomic E-state index is 14.5. The highest BCUT2D eigenvalue weighted by atomic mass is 35.5. The van der Waals surface area contributed by atoms with E-state index in [0.717, 1.165) is 19.0 Å². The average molecular weight is 385 g/mol. The van der Waals surface area contributed by atoms with Crippen LogP contribution in [0.5, 0.6) is 0 Å². The molecule has 1 N–H and O–H groups in total. The highest BCUT2D eigenvalue weighted by molar-refractivity contribution is 6.30. The predicted molar refractivity (Wildman–Crippen MR) is 90.3 cm³/mol. The van der Waals surface area contributed by atoms with E-state index in [1.807, 2.05) is 0 Å². The minimum absolute atomic E-state index is 0.0523. The van der Waals surface area contributed by atoms with Crippen LogP contribution in [0, 0.1) is 11.1 Å². The van der Waals surface area contributed by atoms with E-state index in [1.54, 1.807) is 0 Å². The van der Waals surface area contributed by atoms with Crippen molar-refractivity contribution in [3.8, 4) is 0 Å². The van der Waals surface area contributed by atoms with Gasteiger partial charge >= 0.3 is 6.18 Å². The lowest BCUT2D eigenvalue weighted by Crippen LogP contribution is -2.51. The van der Waals surface area contributed by atoms with Crippen molar-refractivity contribution in [2.24, 2.45) is 5.92 Å². The van der Waals surface area contributed by atoms with Gasteiger partial charge in [0, 0.05) is 17.2 Å². The molecule has 138 valence electrons. The van der Waals surface area contributed by atoms with Gasteiger partial charge in [-0.1, -0.05) is 24.4 Å². The van der Waals surface area contributed by atoms with Gasteiger partial charge in [-0.25, -0.2) is 10.0 Å². The van der Waals surface area contributed by atoms with Gasteiger partial charge in [0.15, 0.2) is 0 Å². The minimum Gasteiger partial charge on any atom is -0.711 e. The predicted octanol–water partition coefficient (Wildman–Crippen LogP) is 4.65. The van der Waals surface area contributed by atoms with E-state index < -0.39 is 11.8 Å². The molecule has 2 heterocycles. The SMILES string of the molecule is [O-][n+]1cccc2c1Nc1ccc(Cl)cc1C2(OCCC1CC1)C(F)(F)F. The standard InChI is InChI=1S/C18H16ClF3N2O2/c19-12-5-6-15-14(10-12)17(18(20,21)22,26-9-7-11-3-4-11)13-2-1-8-24(25)16(13)23-15/h1-2,5-6,8,10-11,23H,3-4,7,9H2. The van der Waals surface area contributed by atoms with Crippen molar-refractivity contribution >= 4 is 23.1 Å². The number of nitrogens with zero attached hydrogens (tertiary/aromatic N) is 1. The Morgan fingerprint density at radius 1 is 1.27 bits per heavy atom. The minimum atomic E-state index is -4.78. The van der Waals surface area contributed by atoms with Crippen molar-refractivity contribution in [3.05, 3.63) is 57.9 Å². The first-order valence-corrected chi connectivity index (χ1v) is 8.71. The number of hydrogen-bond acceptors (Lipinski definition) is 3. The van der Waals surface area contributed by atoms with E-state index in [0.29, 0.717) is 17.1 Å². The lowest BCUT2D eigenvalue weighted by Gasteiger charge is -2.39. The van der Waals surface area contributed by atoms with Crippen LogP contribution >= 0.6 is 11.6 Å². The molecule has 26 heavy (non-hydrogen) atoms. The van der Waals surface area contributed by atoms with Crippen LogP contribution in [0.1, 0.15) is 30.4 Å². The van der Waals surface area contributed by atoms with Crippen molar-refractivity contribution in [2.75, 3.05) is 11.9 Å². The second-order valence-corrected chi connectivity index (χ2v) is 7.11. The molecule has 8 heteroatoms. The van der Waals surface area contributed by atoms with E-state index >= 15 is 0 Å². The summed E-state index contributed by atoms with van der Waals surface area (Å²) in [5, 5.41) is 15.1. The number of ether oxygens (including phenoxy) is 1. The van der Waals surface area contributed by atoms with Crippen LogP contribution in [-0.2, 0) is 10.3 Å². The number of anilines is 2. The second-order valence-electron chi connectivity index (χ2n) is 6.67. The summed E-state index contributed by atoms with van der Waals surface area (Å²) < 4.78 is 49.3. The smallest absolute Gasteiger partial charge is 0.426 e. The van der Waals surface area contributed by atoms with Gasteiger partial charge < -0.3 is 9.94 Å². The Hall–Kier alpha value is -1.99. The number of aromatic nitrogens is 1. The maximum atomic E-state index is 14.5. The van der Waals surface area contributed by atoms with Crippen LogP contribution < -0.4 is 10.0 Å². The Bertz CT molecular complexity index is 851. The molecule has 1 aliphatic heterocycles. The summed E-state index contributed by atoms with van der Waals surface area (Å²) in [4.78, 5) is 0. The van der Waals surface area contributed by atoms with Gasteiger partial charge in [0.2, 0.25) is 5.60 Å². The third-order valence-corrected chi connectivity index (χ3v) is 5.13. The normalized spacial score (nSPS) is 21.7. The van der Waals surface area contributed by atoms with Crippen LogP contribution in [0.2, 0.25) is 5.02 Å². The Kier molecular flexibility index (Phi) is 4.04. The van der Waals surface area contributed by atoms with Crippen LogP contribution in [0.25, 0.3) is 0 Å². The van der Waals surface area contributed by atoms with E-state index in [9.17, 15) is 18.4 Å². The average Bonchev–Trinajstić information content (AvgIpc) is 3.38. The van der Waals surface area contributed by atoms with Gasteiger partial charge in [0.25, 0.3) is 5.82 Å². The van der Waals surface area contributed by atoms with Gasteiger partial charge in [-0.2, -0.15) is 13.2 Å². The monoisotopic (exact) mass is 384 g/mol. The fourth-order valence-electron chi connectivity index (χ4n) is 3.41. The molecule has 2 aliphatic rings. The largest absolute Gasteiger partial charge is 0.711 e. The van der Waals surface area contributed by atoms with Crippen molar-refractivity contribution in [3.63, 3.8) is 0 Å². The summed E-state index contributed by atoms with van der Waals surface area (Å²) >= 11 is 5.99. The highest BCUT2D eigenvalue weighted by Crippen LogP contribution is 2.54. The molecule has 1 fully saturated rings. The summed E-state index contributed by atoms with van der Waals surface area (Å²) in [6, 6.07) is 6.71. The van der Waals surface area contributed by atoms with Crippen molar-refractivity contribution in [1.29, 1.82) is 0 Å². The molecule has 0 radical (unpaired) electrons. The summed E-state index contributed by atoms with van der Waals surface area (Å²) in [7, 11) is 0. The van der Waals surface area contributed by atoms with Gasteiger partial charge in [-0.3, -0.25) is 0 Å². The zero-order valence-electron chi connectivity index (χ0n) is 13.6. The van der Waals surface area contributed by atoms with E-state index in [1.165, 1.54) is 30.3 Å². The third kappa shape index (κ3) is 2.70. The van der Waals surface area contributed by atoms with Crippen LogP contribution in [-0.4, -0.2) is 12.8 Å². The summed E-state index contributed by atoms with van der Waals surface area (Å²) in [5.41, 5.74) is -2.97. The molecule has 2 aromatic rings. The summed E-state index contributed by atoms with van der Waals surface area (Å²) in [5.74, 6) is 0.228. The molecule has 4 nitrogen and oxygen atoms in total. The number of benzene rings is 1. The lowest BCUT2D eigenvalue weighted by molar-refractivity contribution is -0.591. The molecule has 1 aliphatic carbocycles. The van der Waals surface area contributed by atoms with Crippen LogP contribution in [0.4, 0.5) is 24.7 Å². The molecular formula is C18H16ClF3N2O2. The van der Waals surface area contributed by atoms with Crippen molar-refractivity contribution < 1.29 is 22.6 Å². The number of rotatable bonds is 4. The Balaban J connectivity index is 1.92. The fourth-order valence-corrected chi connectivity index (χ4v) is 3.59. The molecule has 1 unspecified atom stereocenters. The molecular weight excluding hydrogens is 369 g/mol. The molecule has 1 saturated carbocycles. The van der Waals surface area contributed by atoms with Crippen molar-refractivity contribution in [1.82, 2.24) is 0 Å². The number of pyridine rings is 1.